The van der Waals surface area contributed by atoms with Crippen LogP contribution >= 0.6 is 0 Å². The zero-order chi connectivity index (χ0) is 21.6. The van der Waals surface area contributed by atoms with Crippen LogP contribution in [-0.2, 0) is 21.4 Å². The van der Waals surface area contributed by atoms with Crippen molar-refractivity contribution in [2.75, 3.05) is 11.3 Å². The first kappa shape index (κ1) is 21.1. The predicted molar refractivity (Wildman–Crippen MR) is 107 cm³/mol. The Kier molecular flexibility index (Phi) is 6.48. The molecule has 1 aromatic heterocycles. The fourth-order valence-corrected chi connectivity index (χ4v) is 3.59. The fourth-order valence-electron chi connectivity index (χ4n) is 2.48. The van der Waals surface area contributed by atoms with Gasteiger partial charge in [-0.25, -0.2) is 12.8 Å². The van der Waals surface area contributed by atoms with Crippen LogP contribution in [0.3, 0.4) is 0 Å². The van der Waals surface area contributed by atoms with E-state index >= 15 is 0 Å². The Bertz CT molecular complexity index is 1150. The maximum atomic E-state index is 13.7. The highest BCUT2D eigenvalue weighted by Crippen LogP contribution is 2.19. The second kappa shape index (κ2) is 9.23. The van der Waals surface area contributed by atoms with Crippen molar-refractivity contribution in [3.63, 3.8) is 0 Å². The lowest BCUT2D eigenvalue weighted by Gasteiger charge is -2.10. The second-order valence-corrected chi connectivity index (χ2v) is 7.83. The van der Waals surface area contributed by atoms with Crippen LogP contribution in [0.15, 0.2) is 76.2 Å². The Morgan fingerprint density at radius 1 is 0.967 bits per heavy atom. The number of furan rings is 1. The van der Waals surface area contributed by atoms with Gasteiger partial charge in [-0.2, -0.15) is 0 Å². The van der Waals surface area contributed by atoms with Crippen LogP contribution < -0.4 is 15.4 Å². The Balaban J connectivity index is 1.62. The number of benzene rings is 2. The standard InChI is InChI=1S/C20H18FN3O5S/c21-17-8-1-2-9-18(17)24-30(27,28)16-7-3-5-14(11-16)20(26)23-13-19(25)22-12-15-6-4-10-29-15/h1-11,24H,12-13H2,(H,22,25)(H,23,26). The van der Waals surface area contributed by atoms with Crippen molar-refractivity contribution >= 4 is 27.5 Å². The minimum atomic E-state index is -4.12. The topological polar surface area (TPSA) is 118 Å². The van der Waals surface area contributed by atoms with Crippen molar-refractivity contribution in [2.24, 2.45) is 0 Å². The third-order valence-corrected chi connectivity index (χ3v) is 5.34. The Morgan fingerprint density at radius 3 is 2.50 bits per heavy atom. The van der Waals surface area contributed by atoms with E-state index in [1.807, 2.05) is 0 Å². The van der Waals surface area contributed by atoms with Crippen LogP contribution in [0.5, 0.6) is 0 Å². The van der Waals surface area contributed by atoms with E-state index in [0.29, 0.717) is 5.76 Å². The second-order valence-electron chi connectivity index (χ2n) is 6.15. The van der Waals surface area contributed by atoms with Crippen molar-refractivity contribution < 1.29 is 26.8 Å². The first-order valence-corrected chi connectivity index (χ1v) is 10.3. The van der Waals surface area contributed by atoms with Crippen LogP contribution in [0.25, 0.3) is 0 Å². The molecule has 0 unspecified atom stereocenters. The zero-order valence-electron chi connectivity index (χ0n) is 15.6. The molecule has 0 fully saturated rings. The van der Waals surface area contributed by atoms with Gasteiger partial charge in [0.1, 0.15) is 11.6 Å². The molecule has 0 bridgehead atoms. The Hall–Kier alpha value is -3.66. The third-order valence-electron chi connectivity index (χ3n) is 3.97. The molecule has 3 aromatic rings. The average Bonchev–Trinajstić information content (AvgIpc) is 3.26. The van der Waals surface area contributed by atoms with Crippen molar-refractivity contribution in [3.05, 3.63) is 84.1 Å². The van der Waals surface area contributed by atoms with Crippen molar-refractivity contribution in [1.82, 2.24) is 10.6 Å². The molecule has 0 aliphatic rings. The molecule has 0 saturated heterocycles. The SMILES string of the molecule is O=C(CNC(=O)c1cccc(S(=O)(=O)Nc2ccccc2F)c1)NCc1ccco1. The van der Waals surface area contributed by atoms with E-state index in [1.54, 1.807) is 12.1 Å². The quantitative estimate of drug-likeness (QED) is 0.506. The molecule has 0 atom stereocenters. The minimum absolute atomic E-state index is 0.0326. The molecule has 1 heterocycles. The molecule has 3 N–H and O–H groups in total. The van der Waals surface area contributed by atoms with Gasteiger partial charge in [0.05, 0.1) is 29.9 Å². The number of amides is 2. The van der Waals surface area contributed by atoms with Gasteiger partial charge in [-0.05, 0) is 42.5 Å². The van der Waals surface area contributed by atoms with Gasteiger partial charge in [0.2, 0.25) is 5.91 Å². The van der Waals surface area contributed by atoms with Gasteiger partial charge in [-0.1, -0.05) is 18.2 Å². The summed E-state index contributed by atoms with van der Waals surface area (Å²) in [4.78, 5) is 23.9. The van der Waals surface area contributed by atoms with E-state index in [1.165, 1.54) is 42.7 Å². The number of anilines is 1. The molecule has 0 spiro atoms. The number of sulfonamides is 1. The number of carbonyl (C=O) groups excluding carboxylic acids is 2. The zero-order valence-corrected chi connectivity index (χ0v) is 16.4. The molecule has 3 rings (SSSR count). The lowest BCUT2D eigenvalue weighted by molar-refractivity contribution is -0.120. The van der Waals surface area contributed by atoms with Gasteiger partial charge >= 0.3 is 0 Å². The molecule has 156 valence electrons. The summed E-state index contributed by atoms with van der Waals surface area (Å²) in [6.45, 7) is -0.124. The van der Waals surface area contributed by atoms with E-state index in [-0.39, 0.29) is 29.2 Å². The smallest absolute Gasteiger partial charge is 0.262 e. The molecule has 0 aliphatic carbocycles. The highest BCUT2D eigenvalue weighted by molar-refractivity contribution is 7.92. The van der Waals surface area contributed by atoms with Crippen molar-refractivity contribution in [1.29, 1.82) is 0 Å². The van der Waals surface area contributed by atoms with Crippen LogP contribution in [0.2, 0.25) is 0 Å². The molecule has 0 aliphatic heterocycles. The predicted octanol–water partition coefficient (Wildman–Crippen LogP) is 2.27. The molecule has 2 amide bonds. The average molecular weight is 431 g/mol. The summed E-state index contributed by atoms with van der Waals surface area (Å²) < 4.78 is 46.0. The number of nitrogens with one attached hydrogen (secondary N) is 3. The fraction of sp³-hybridized carbons (Fsp3) is 0.100. The van der Waals surface area contributed by atoms with Crippen LogP contribution in [0.4, 0.5) is 10.1 Å². The van der Waals surface area contributed by atoms with Gasteiger partial charge in [-0.15, -0.1) is 0 Å². The maximum absolute atomic E-state index is 13.7. The molecular formula is C20H18FN3O5S. The van der Waals surface area contributed by atoms with Crippen LogP contribution in [0, 0.1) is 5.82 Å². The van der Waals surface area contributed by atoms with Gasteiger partial charge < -0.3 is 15.1 Å². The van der Waals surface area contributed by atoms with Gasteiger partial charge in [0.25, 0.3) is 15.9 Å². The molecular weight excluding hydrogens is 413 g/mol. The largest absolute Gasteiger partial charge is 0.467 e. The molecule has 0 radical (unpaired) electrons. The van der Waals surface area contributed by atoms with E-state index in [4.69, 9.17) is 4.42 Å². The monoisotopic (exact) mass is 431 g/mol. The van der Waals surface area contributed by atoms with E-state index in [0.717, 1.165) is 12.1 Å². The minimum Gasteiger partial charge on any atom is -0.467 e. The molecule has 8 nitrogen and oxygen atoms in total. The van der Waals surface area contributed by atoms with Gasteiger partial charge in [-0.3, -0.25) is 14.3 Å². The number of para-hydroxylation sites is 1. The van der Waals surface area contributed by atoms with Crippen LogP contribution in [0.1, 0.15) is 16.1 Å². The summed E-state index contributed by atoms with van der Waals surface area (Å²) in [5.41, 5.74) is -0.175. The number of hydrogen-bond donors (Lipinski definition) is 3. The Morgan fingerprint density at radius 2 is 1.77 bits per heavy atom. The highest BCUT2D eigenvalue weighted by Gasteiger charge is 2.18. The molecule has 0 saturated carbocycles. The summed E-state index contributed by atoms with van der Waals surface area (Å²) >= 11 is 0. The highest BCUT2D eigenvalue weighted by atomic mass is 32.2. The number of hydrogen-bond acceptors (Lipinski definition) is 5. The van der Waals surface area contributed by atoms with Gasteiger partial charge in [0.15, 0.2) is 0 Å². The maximum Gasteiger partial charge on any atom is 0.262 e. The first-order valence-electron chi connectivity index (χ1n) is 8.80. The van der Waals surface area contributed by atoms with Crippen LogP contribution in [-0.4, -0.2) is 26.8 Å². The summed E-state index contributed by atoms with van der Waals surface area (Å²) in [6.07, 6.45) is 1.48. The lowest BCUT2D eigenvalue weighted by atomic mass is 10.2. The number of halogens is 1. The lowest BCUT2D eigenvalue weighted by Crippen LogP contribution is -2.36. The molecule has 2 aromatic carbocycles. The molecule has 10 heteroatoms. The van der Waals surface area contributed by atoms with Gasteiger partial charge in [0, 0.05) is 5.56 Å². The van der Waals surface area contributed by atoms with E-state index in [2.05, 4.69) is 15.4 Å². The Labute approximate surface area is 172 Å². The van der Waals surface area contributed by atoms with E-state index < -0.39 is 27.7 Å². The summed E-state index contributed by atoms with van der Waals surface area (Å²) in [5, 5.41) is 4.98. The first-order chi connectivity index (χ1) is 14.3. The number of rotatable bonds is 8. The normalized spacial score (nSPS) is 11.0. The summed E-state index contributed by atoms with van der Waals surface area (Å²) in [6, 6.07) is 13.9. The third kappa shape index (κ3) is 5.45. The van der Waals surface area contributed by atoms with E-state index in [9.17, 15) is 22.4 Å². The van der Waals surface area contributed by atoms with Crippen molar-refractivity contribution in [3.8, 4) is 0 Å². The molecule has 30 heavy (non-hydrogen) atoms. The summed E-state index contributed by atoms with van der Waals surface area (Å²) in [7, 11) is -4.12. The summed E-state index contributed by atoms with van der Waals surface area (Å²) in [5.74, 6) is -1.23. The number of carbonyl (C=O) groups is 2. The van der Waals surface area contributed by atoms with Crippen molar-refractivity contribution in [2.45, 2.75) is 11.4 Å².